The lowest BCUT2D eigenvalue weighted by Gasteiger charge is -2.21. The maximum atomic E-state index is 12.9. The van der Waals surface area contributed by atoms with Crippen LogP contribution < -0.4 is 5.56 Å². The third-order valence-corrected chi connectivity index (χ3v) is 4.53. The lowest BCUT2D eigenvalue weighted by Crippen LogP contribution is -2.33. The van der Waals surface area contributed by atoms with Gasteiger partial charge in [-0.15, -0.1) is 0 Å². The first kappa shape index (κ1) is 17.7. The van der Waals surface area contributed by atoms with E-state index in [2.05, 4.69) is 9.97 Å². The highest BCUT2D eigenvalue weighted by Crippen LogP contribution is 2.12. The van der Waals surface area contributed by atoms with Crippen molar-refractivity contribution in [2.45, 2.75) is 13.0 Å². The molecule has 28 heavy (non-hydrogen) atoms. The SMILES string of the molecule is O=C(c1ccco1)N(CCc1ccccc1)Cc1nc2ccccc2c(=O)[nH]1. The van der Waals surface area contributed by atoms with E-state index in [0.29, 0.717) is 29.7 Å². The van der Waals surface area contributed by atoms with Gasteiger partial charge in [-0.25, -0.2) is 4.98 Å². The highest BCUT2D eigenvalue weighted by Gasteiger charge is 2.20. The van der Waals surface area contributed by atoms with E-state index in [1.54, 1.807) is 35.2 Å². The van der Waals surface area contributed by atoms with Crippen LogP contribution in [-0.2, 0) is 13.0 Å². The smallest absolute Gasteiger partial charge is 0.289 e. The molecule has 4 aromatic rings. The summed E-state index contributed by atoms with van der Waals surface area (Å²) >= 11 is 0. The summed E-state index contributed by atoms with van der Waals surface area (Å²) in [6.45, 7) is 0.659. The number of H-pyrrole nitrogens is 1. The van der Waals surface area contributed by atoms with Crippen molar-refractivity contribution in [3.05, 3.63) is 100 Å². The van der Waals surface area contributed by atoms with E-state index in [1.165, 1.54) is 6.26 Å². The molecule has 0 aliphatic rings. The first-order valence-electron chi connectivity index (χ1n) is 9.05. The Bertz CT molecular complexity index is 1130. The molecule has 0 atom stereocenters. The van der Waals surface area contributed by atoms with Crippen LogP contribution in [0.2, 0.25) is 0 Å². The van der Waals surface area contributed by atoms with Gasteiger partial charge in [0, 0.05) is 6.54 Å². The minimum absolute atomic E-state index is 0.187. The summed E-state index contributed by atoms with van der Waals surface area (Å²) in [7, 11) is 0. The number of benzene rings is 2. The number of hydrogen-bond acceptors (Lipinski definition) is 4. The van der Waals surface area contributed by atoms with Crippen molar-refractivity contribution in [3.63, 3.8) is 0 Å². The van der Waals surface area contributed by atoms with Crippen molar-refractivity contribution in [2.24, 2.45) is 0 Å². The van der Waals surface area contributed by atoms with Gasteiger partial charge in [0.1, 0.15) is 5.82 Å². The minimum Gasteiger partial charge on any atom is -0.459 e. The van der Waals surface area contributed by atoms with Gasteiger partial charge >= 0.3 is 0 Å². The Hall–Kier alpha value is -3.67. The zero-order chi connectivity index (χ0) is 19.3. The minimum atomic E-state index is -0.239. The van der Waals surface area contributed by atoms with Gasteiger partial charge in [-0.3, -0.25) is 9.59 Å². The molecule has 1 N–H and O–H groups in total. The second-order valence-corrected chi connectivity index (χ2v) is 6.47. The van der Waals surface area contributed by atoms with E-state index >= 15 is 0 Å². The Morgan fingerprint density at radius 2 is 1.79 bits per heavy atom. The number of hydrogen-bond donors (Lipinski definition) is 1. The standard InChI is InChI=1S/C22H19N3O3/c26-21-17-9-4-5-10-18(17)23-20(24-21)15-25(22(27)19-11-6-14-28-19)13-12-16-7-2-1-3-8-16/h1-11,14H,12-13,15H2,(H,23,24,26). The topological polar surface area (TPSA) is 79.2 Å². The third-order valence-electron chi connectivity index (χ3n) is 4.53. The van der Waals surface area contributed by atoms with E-state index in [1.807, 2.05) is 36.4 Å². The Morgan fingerprint density at radius 1 is 1.00 bits per heavy atom. The summed E-state index contributed by atoms with van der Waals surface area (Å²) in [5.74, 6) is 0.463. The van der Waals surface area contributed by atoms with Crippen molar-refractivity contribution in [3.8, 4) is 0 Å². The number of aromatic nitrogens is 2. The van der Waals surface area contributed by atoms with Crippen LogP contribution in [0.5, 0.6) is 0 Å². The van der Waals surface area contributed by atoms with Crippen LogP contribution >= 0.6 is 0 Å². The quantitative estimate of drug-likeness (QED) is 0.562. The van der Waals surface area contributed by atoms with Crippen LogP contribution in [0.4, 0.5) is 0 Å². The summed E-state index contributed by atoms with van der Waals surface area (Å²) in [5.41, 5.74) is 1.52. The Kier molecular flexibility index (Phi) is 5.01. The van der Waals surface area contributed by atoms with Crippen LogP contribution in [0, 0.1) is 0 Å². The van der Waals surface area contributed by atoms with Crippen LogP contribution in [-0.4, -0.2) is 27.3 Å². The first-order chi connectivity index (χ1) is 13.7. The van der Waals surface area contributed by atoms with Gasteiger partial charge in [-0.2, -0.15) is 0 Å². The molecule has 6 heteroatoms. The number of fused-ring (bicyclic) bond motifs is 1. The maximum absolute atomic E-state index is 12.9. The summed E-state index contributed by atoms with van der Waals surface area (Å²) in [6, 6.07) is 20.4. The average Bonchev–Trinajstić information content (AvgIpc) is 3.26. The van der Waals surface area contributed by atoms with Gasteiger partial charge in [-0.1, -0.05) is 42.5 Å². The Balaban J connectivity index is 1.61. The zero-order valence-corrected chi connectivity index (χ0v) is 15.2. The number of amides is 1. The molecule has 0 bridgehead atoms. The van der Waals surface area contributed by atoms with Crippen LogP contribution in [0.3, 0.4) is 0 Å². The van der Waals surface area contributed by atoms with Crippen molar-refractivity contribution in [1.82, 2.24) is 14.9 Å². The Labute approximate surface area is 161 Å². The molecule has 0 spiro atoms. The molecule has 0 unspecified atom stereocenters. The van der Waals surface area contributed by atoms with Crippen molar-refractivity contribution in [2.75, 3.05) is 6.54 Å². The fourth-order valence-corrected chi connectivity index (χ4v) is 3.11. The molecule has 4 rings (SSSR count). The lowest BCUT2D eigenvalue weighted by atomic mass is 10.1. The number of nitrogens with zero attached hydrogens (tertiary/aromatic N) is 2. The summed E-state index contributed by atoms with van der Waals surface area (Å²) in [4.78, 5) is 34.2. The van der Waals surface area contributed by atoms with Crippen LogP contribution in [0.1, 0.15) is 21.9 Å². The van der Waals surface area contributed by atoms with Crippen molar-refractivity contribution < 1.29 is 9.21 Å². The molecule has 0 aliphatic heterocycles. The highest BCUT2D eigenvalue weighted by molar-refractivity contribution is 5.91. The number of aromatic amines is 1. The maximum Gasteiger partial charge on any atom is 0.289 e. The molecular weight excluding hydrogens is 354 g/mol. The van der Waals surface area contributed by atoms with Gasteiger partial charge in [0.25, 0.3) is 11.5 Å². The molecule has 0 saturated heterocycles. The monoisotopic (exact) mass is 373 g/mol. The first-order valence-corrected chi connectivity index (χ1v) is 9.05. The number of rotatable bonds is 6. The molecule has 0 saturated carbocycles. The molecule has 2 aromatic heterocycles. The highest BCUT2D eigenvalue weighted by atomic mass is 16.3. The summed E-state index contributed by atoms with van der Waals surface area (Å²) < 4.78 is 5.28. The number of carbonyl (C=O) groups excluding carboxylic acids is 1. The van der Waals surface area contributed by atoms with Gasteiger partial charge < -0.3 is 14.3 Å². The van der Waals surface area contributed by atoms with Crippen molar-refractivity contribution >= 4 is 16.8 Å². The fourth-order valence-electron chi connectivity index (χ4n) is 3.11. The van der Waals surface area contributed by atoms with Crippen molar-refractivity contribution in [1.29, 1.82) is 0 Å². The van der Waals surface area contributed by atoms with Crippen LogP contribution in [0.25, 0.3) is 10.9 Å². The molecule has 2 aromatic carbocycles. The van der Waals surface area contributed by atoms with E-state index in [9.17, 15) is 9.59 Å². The van der Waals surface area contributed by atoms with E-state index in [-0.39, 0.29) is 23.8 Å². The van der Waals surface area contributed by atoms with E-state index < -0.39 is 0 Å². The average molecular weight is 373 g/mol. The summed E-state index contributed by atoms with van der Waals surface area (Å²) in [5, 5.41) is 0.527. The van der Waals surface area contributed by atoms with Gasteiger partial charge in [0.05, 0.1) is 23.7 Å². The number of carbonyl (C=O) groups is 1. The summed E-state index contributed by atoms with van der Waals surface area (Å²) in [6.07, 6.45) is 2.16. The molecule has 2 heterocycles. The fraction of sp³-hybridized carbons (Fsp3) is 0.136. The molecular formula is C22H19N3O3. The van der Waals surface area contributed by atoms with E-state index in [4.69, 9.17) is 4.42 Å². The molecule has 140 valence electrons. The largest absolute Gasteiger partial charge is 0.459 e. The number of furan rings is 1. The number of para-hydroxylation sites is 1. The molecule has 1 amide bonds. The second kappa shape index (κ2) is 7.92. The predicted octanol–water partition coefficient (Wildman–Crippen LogP) is 3.40. The van der Waals surface area contributed by atoms with Crippen LogP contribution in [0.15, 0.2) is 82.2 Å². The van der Waals surface area contributed by atoms with Gasteiger partial charge in [0.15, 0.2) is 5.76 Å². The molecule has 0 aliphatic carbocycles. The Morgan fingerprint density at radius 3 is 2.57 bits per heavy atom. The number of nitrogens with one attached hydrogen (secondary N) is 1. The normalized spacial score (nSPS) is 10.9. The lowest BCUT2D eigenvalue weighted by molar-refractivity contribution is 0.0708. The second-order valence-electron chi connectivity index (χ2n) is 6.47. The van der Waals surface area contributed by atoms with Gasteiger partial charge in [-0.05, 0) is 36.2 Å². The zero-order valence-electron chi connectivity index (χ0n) is 15.2. The molecule has 0 radical (unpaired) electrons. The third kappa shape index (κ3) is 3.86. The van der Waals surface area contributed by atoms with E-state index in [0.717, 1.165) is 5.56 Å². The molecule has 0 fully saturated rings. The van der Waals surface area contributed by atoms with Gasteiger partial charge in [0.2, 0.25) is 0 Å². The molecule has 6 nitrogen and oxygen atoms in total. The predicted molar refractivity (Wildman–Crippen MR) is 106 cm³/mol.